The van der Waals surface area contributed by atoms with E-state index in [1.54, 1.807) is 18.9 Å². The fourth-order valence-electron chi connectivity index (χ4n) is 2.83. The van der Waals surface area contributed by atoms with Gasteiger partial charge in [-0.05, 0) is 17.7 Å². The van der Waals surface area contributed by atoms with E-state index in [0.29, 0.717) is 5.16 Å². The van der Waals surface area contributed by atoms with Gasteiger partial charge in [-0.1, -0.05) is 84.6 Å². The smallest absolute Gasteiger partial charge is 0.210 e. The molecule has 4 nitrogen and oxygen atoms in total. The van der Waals surface area contributed by atoms with Crippen LogP contribution in [0.15, 0.2) is 90.1 Å². The third kappa shape index (κ3) is 4.21. The van der Waals surface area contributed by atoms with Crippen LogP contribution in [0.25, 0.3) is 22.5 Å². The Morgan fingerprint density at radius 1 is 0.714 bits per heavy atom. The molecule has 28 heavy (non-hydrogen) atoms. The van der Waals surface area contributed by atoms with Gasteiger partial charge in [-0.25, -0.2) is 4.98 Å². The lowest BCUT2D eigenvalue weighted by Crippen LogP contribution is -1.99. The van der Waals surface area contributed by atoms with Crippen LogP contribution in [0.3, 0.4) is 0 Å². The summed E-state index contributed by atoms with van der Waals surface area (Å²) in [4.78, 5) is 4.83. The molecule has 0 aliphatic heterocycles. The van der Waals surface area contributed by atoms with Gasteiger partial charge in [0.2, 0.25) is 5.16 Å². The van der Waals surface area contributed by atoms with E-state index in [9.17, 15) is 0 Å². The van der Waals surface area contributed by atoms with Gasteiger partial charge < -0.3 is 4.74 Å². The summed E-state index contributed by atoms with van der Waals surface area (Å²) in [5.74, 6) is 1.62. The van der Waals surface area contributed by atoms with Gasteiger partial charge in [-0.3, -0.25) is 0 Å². The number of aromatic nitrogens is 3. The molecule has 1 aromatic heterocycles. The van der Waals surface area contributed by atoms with Crippen molar-refractivity contribution >= 4 is 11.8 Å². The van der Waals surface area contributed by atoms with Crippen LogP contribution < -0.4 is 4.74 Å². The molecule has 0 N–H and O–H groups in total. The summed E-state index contributed by atoms with van der Waals surface area (Å²) in [7, 11) is 1.67. The van der Waals surface area contributed by atoms with Crippen LogP contribution in [0.4, 0.5) is 0 Å². The first-order valence-electron chi connectivity index (χ1n) is 8.95. The topological polar surface area (TPSA) is 47.9 Å². The molecule has 0 atom stereocenters. The molecule has 0 saturated carbocycles. The summed E-state index contributed by atoms with van der Waals surface area (Å²) in [5.41, 5.74) is 4.86. The van der Waals surface area contributed by atoms with Crippen molar-refractivity contribution in [3.63, 3.8) is 0 Å². The zero-order valence-electron chi connectivity index (χ0n) is 15.4. The lowest BCUT2D eigenvalue weighted by molar-refractivity contribution is 0.414. The minimum Gasteiger partial charge on any atom is -0.497 e. The van der Waals surface area contributed by atoms with Crippen molar-refractivity contribution < 1.29 is 4.74 Å². The molecule has 1 heterocycles. The lowest BCUT2D eigenvalue weighted by atomic mass is 10.0. The highest BCUT2D eigenvalue weighted by atomic mass is 32.2. The van der Waals surface area contributed by atoms with Gasteiger partial charge in [0.1, 0.15) is 17.1 Å². The van der Waals surface area contributed by atoms with Crippen molar-refractivity contribution in [3.05, 3.63) is 90.5 Å². The average Bonchev–Trinajstić information content (AvgIpc) is 2.79. The molecule has 0 aliphatic carbocycles. The second kappa shape index (κ2) is 8.67. The van der Waals surface area contributed by atoms with E-state index in [-0.39, 0.29) is 0 Å². The van der Waals surface area contributed by atoms with Crippen molar-refractivity contribution in [1.29, 1.82) is 0 Å². The van der Waals surface area contributed by atoms with Crippen molar-refractivity contribution in [2.75, 3.05) is 7.11 Å². The molecule has 138 valence electrons. The Kier molecular flexibility index (Phi) is 5.64. The second-order valence-corrected chi connectivity index (χ2v) is 7.10. The predicted octanol–water partition coefficient (Wildman–Crippen LogP) is 5.51. The first-order chi connectivity index (χ1) is 13.8. The van der Waals surface area contributed by atoms with Gasteiger partial charge in [0.15, 0.2) is 0 Å². The Morgan fingerprint density at radius 2 is 1.32 bits per heavy atom. The molecule has 0 saturated heterocycles. The Morgan fingerprint density at radius 3 is 1.93 bits per heavy atom. The van der Waals surface area contributed by atoms with Crippen LogP contribution in [0.2, 0.25) is 0 Å². The van der Waals surface area contributed by atoms with Gasteiger partial charge in [-0.15, -0.1) is 10.2 Å². The molecule has 0 aliphatic rings. The highest BCUT2D eigenvalue weighted by molar-refractivity contribution is 7.98. The van der Waals surface area contributed by atoms with E-state index >= 15 is 0 Å². The maximum Gasteiger partial charge on any atom is 0.210 e. The Hall–Kier alpha value is -3.18. The Bertz CT molecular complexity index is 1040. The molecule has 0 amide bonds. The van der Waals surface area contributed by atoms with Crippen LogP contribution in [0.5, 0.6) is 5.75 Å². The Labute approximate surface area is 168 Å². The van der Waals surface area contributed by atoms with Crippen LogP contribution >= 0.6 is 11.8 Å². The van der Waals surface area contributed by atoms with Crippen molar-refractivity contribution in [1.82, 2.24) is 15.2 Å². The molecule has 4 aromatic rings. The quantitative estimate of drug-likeness (QED) is 0.410. The maximum absolute atomic E-state index is 5.21. The van der Waals surface area contributed by atoms with E-state index in [0.717, 1.165) is 34.0 Å². The maximum atomic E-state index is 5.21. The number of ether oxygens (including phenoxy) is 1. The SMILES string of the molecule is COc1ccc(CSc2nnc(-c3ccccc3)c(-c3ccccc3)n2)cc1. The summed E-state index contributed by atoms with van der Waals surface area (Å²) in [6.07, 6.45) is 0. The zero-order valence-corrected chi connectivity index (χ0v) is 16.3. The monoisotopic (exact) mass is 385 g/mol. The molecular formula is C23H19N3OS. The fourth-order valence-corrected chi connectivity index (χ4v) is 3.57. The number of hydrogen-bond acceptors (Lipinski definition) is 5. The average molecular weight is 385 g/mol. The van der Waals surface area contributed by atoms with E-state index < -0.39 is 0 Å². The van der Waals surface area contributed by atoms with Crippen molar-refractivity contribution in [2.24, 2.45) is 0 Å². The highest BCUT2D eigenvalue weighted by Crippen LogP contribution is 2.30. The Balaban J connectivity index is 1.64. The third-order valence-electron chi connectivity index (χ3n) is 4.29. The van der Waals surface area contributed by atoms with Gasteiger partial charge in [0.05, 0.1) is 7.11 Å². The molecule has 4 rings (SSSR count). The molecule has 3 aromatic carbocycles. The number of hydrogen-bond donors (Lipinski definition) is 0. The minimum absolute atomic E-state index is 0.661. The summed E-state index contributed by atoms with van der Waals surface area (Å²) in [6, 6.07) is 28.2. The van der Waals surface area contributed by atoms with Gasteiger partial charge >= 0.3 is 0 Å². The van der Waals surface area contributed by atoms with Gasteiger partial charge in [0.25, 0.3) is 0 Å². The standard InChI is InChI=1S/C23H19N3OS/c1-27-20-14-12-17(13-15-20)16-28-23-24-21(18-8-4-2-5-9-18)22(25-26-23)19-10-6-3-7-11-19/h2-15H,16H2,1H3. The molecule has 0 radical (unpaired) electrons. The van der Waals surface area contributed by atoms with Gasteiger partial charge in [0, 0.05) is 16.9 Å². The molecule has 5 heteroatoms. The summed E-state index contributed by atoms with van der Waals surface area (Å²) >= 11 is 1.57. The van der Waals surface area contributed by atoms with Crippen LogP contribution in [0.1, 0.15) is 5.56 Å². The van der Waals surface area contributed by atoms with Crippen LogP contribution in [0, 0.1) is 0 Å². The van der Waals surface area contributed by atoms with Crippen molar-refractivity contribution in [2.45, 2.75) is 10.9 Å². The van der Waals surface area contributed by atoms with E-state index in [2.05, 4.69) is 22.3 Å². The fraction of sp³-hybridized carbons (Fsp3) is 0.0870. The summed E-state index contributed by atoms with van der Waals surface area (Å²) < 4.78 is 5.21. The molecule has 0 fully saturated rings. The summed E-state index contributed by atoms with van der Waals surface area (Å²) in [6.45, 7) is 0. The first kappa shape index (κ1) is 18.2. The first-order valence-corrected chi connectivity index (χ1v) is 9.93. The van der Waals surface area contributed by atoms with E-state index in [4.69, 9.17) is 9.72 Å². The zero-order chi connectivity index (χ0) is 19.2. The lowest BCUT2D eigenvalue weighted by Gasteiger charge is -2.09. The number of rotatable bonds is 6. The highest BCUT2D eigenvalue weighted by Gasteiger charge is 2.13. The largest absolute Gasteiger partial charge is 0.497 e. The minimum atomic E-state index is 0.661. The van der Waals surface area contributed by atoms with E-state index in [1.807, 2.05) is 72.8 Å². The number of nitrogens with zero attached hydrogens (tertiary/aromatic N) is 3. The van der Waals surface area contributed by atoms with Crippen molar-refractivity contribution in [3.8, 4) is 28.3 Å². The van der Waals surface area contributed by atoms with Crippen LogP contribution in [-0.4, -0.2) is 22.3 Å². The summed E-state index contributed by atoms with van der Waals surface area (Å²) in [5, 5.41) is 9.54. The molecule has 0 spiro atoms. The molecule has 0 unspecified atom stereocenters. The molecular weight excluding hydrogens is 366 g/mol. The van der Waals surface area contributed by atoms with Crippen LogP contribution in [-0.2, 0) is 5.75 Å². The van der Waals surface area contributed by atoms with E-state index in [1.165, 1.54) is 5.56 Å². The number of benzene rings is 3. The normalized spacial score (nSPS) is 10.6. The predicted molar refractivity (Wildman–Crippen MR) is 113 cm³/mol. The second-order valence-electron chi connectivity index (χ2n) is 6.16. The van der Waals surface area contributed by atoms with Gasteiger partial charge in [-0.2, -0.15) is 0 Å². The number of thioether (sulfide) groups is 1. The molecule has 0 bridgehead atoms. The third-order valence-corrected chi connectivity index (χ3v) is 5.20. The number of methoxy groups -OCH3 is 1.